The molecule has 0 amide bonds. The topological polar surface area (TPSA) is 72.9 Å². The van der Waals surface area contributed by atoms with E-state index in [1.165, 1.54) is 11.3 Å². The molecule has 0 atom stereocenters. The predicted octanol–water partition coefficient (Wildman–Crippen LogP) is 2.50. The van der Waals surface area contributed by atoms with Gasteiger partial charge in [-0.05, 0) is 37.3 Å². The zero-order valence-corrected chi connectivity index (χ0v) is 14.4. The molecule has 3 aromatic rings. The first-order valence-corrected chi connectivity index (χ1v) is 8.66. The molecular formula is C19H22N6. The van der Waals surface area contributed by atoms with Crippen LogP contribution in [0.2, 0.25) is 0 Å². The largest absolute Gasteiger partial charge is 0.399 e. The summed E-state index contributed by atoms with van der Waals surface area (Å²) in [6, 6.07) is 9.81. The van der Waals surface area contributed by atoms with Crippen molar-refractivity contribution in [3.63, 3.8) is 0 Å². The number of nitrogens with two attached hydrogens (primary N) is 1. The third-order valence-electron chi connectivity index (χ3n) is 4.67. The molecule has 128 valence electrons. The molecule has 6 heteroatoms. The van der Waals surface area contributed by atoms with Crippen molar-refractivity contribution in [1.82, 2.24) is 24.6 Å². The number of nitrogens with zero attached hydrogens (tertiary/aromatic N) is 5. The zero-order valence-electron chi connectivity index (χ0n) is 14.4. The lowest BCUT2D eigenvalue weighted by atomic mass is 10.1. The summed E-state index contributed by atoms with van der Waals surface area (Å²) in [5.74, 6) is 0.774. The van der Waals surface area contributed by atoms with Gasteiger partial charge in [-0.1, -0.05) is 0 Å². The molecule has 25 heavy (non-hydrogen) atoms. The molecule has 0 fully saturated rings. The van der Waals surface area contributed by atoms with Gasteiger partial charge in [0.15, 0.2) is 5.82 Å². The number of nitrogen functional groups attached to an aromatic ring is 1. The zero-order chi connectivity index (χ0) is 17.2. The third kappa shape index (κ3) is 3.25. The average molecular weight is 334 g/mol. The second-order valence-corrected chi connectivity index (χ2v) is 6.39. The Morgan fingerprint density at radius 2 is 2.00 bits per heavy atom. The molecule has 0 aliphatic carbocycles. The fourth-order valence-electron chi connectivity index (χ4n) is 3.29. The standard InChI is InChI=1S/C19H22N6/c1-2-25-17(7-9-22-25)13-24-10-8-18-15(12-24)11-21-19(23-18)14-3-5-16(20)6-4-14/h3-7,9,11H,2,8,10,12-13,20H2,1H3. The Kier molecular flexibility index (Phi) is 4.19. The Morgan fingerprint density at radius 3 is 2.80 bits per heavy atom. The molecule has 0 unspecified atom stereocenters. The monoisotopic (exact) mass is 334 g/mol. The number of anilines is 1. The molecule has 6 nitrogen and oxygen atoms in total. The lowest BCUT2D eigenvalue weighted by Crippen LogP contribution is -2.31. The quantitative estimate of drug-likeness (QED) is 0.742. The van der Waals surface area contributed by atoms with Gasteiger partial charge < -0.3 is 5.73 Å². The molecular weight excluding hydrogens is 312 g/mol. The maximum atomic E-state index is 5.75. The van der Waals surface area contributed by atoms with Gasteiger partial charge in [-0.2, -0.15) is 5.10 Å². The van der Waals surface area contributed by atoms with Gasteiger partial charge in [-0.25, -0.2) is 9.97 Å². The fraction of sp³-hybridized carbons (Fsp3) is 0.316. The second-order valence-electron chi connectivity index (χ2n) is 6.39. The first-order chi connectivity index (χ1) is 12.2. The molecule has 1 aromatic carbocycles. The van der Waals surface area contributed by atoms with Gasteiger partial charge in [0.25, 0.3) is 0 Å². The van der Waals surface area contributed by atoms with Crippen LogP contribution in [-0.4, -0.2) is 31.2 Å². The van der Waals surface area contributed by atoms with Crippen LogP contribution in [-0.2, 0) is 26.1 Å². The van der Waals surface area contributed by atoms with Gasteiger partial charge in [0.1, 0.15) is 0 Å². The van der Waals surface area contributed by atoms with E-state index >= 15 is 0 Å². The molecule has 0 saturated heterocycles. The minimum absolute atomic E-state index is 0.753. The first kappa shape index (κ1) is 15.8. The number of hydrogen-bond acceptors (Lipinski definition) is 5. The van der Waals surface area contributed by atoms with E-state index in [-0.39, 0.29) is 0 Å². The van der Waals surface area contributed by atoms with Gasteiger partial charge >= 0.3 is 0 Å². The molecule has 0 bridgehead atoms. The maximum Gasteiger partial charge on any atom is 0.159 e. The van der Waals surface area contributed by atoms with Gasteiger partial charge in [0, 0.05) is 61.8 Å². The highest BCUT2D eigenvalue weighted by Gasteiger charge is 2.19. The highest BCUT2D eigenvalue weighted by atomic mass is 15.3. The van der Waals surface area contributed by atoms with Crippen molar-refractivity contribution in [2.45, 2.75) is 33.0 Å². The summed E-state index contributed by atoms with van der Waals surface area (Å²) >= 11 is 0. The summed E-state index contributed by atoms with van der Waals surface area (Å²) in [6.45, 7) is 5.81. The van der Waals surface area contributed by atoms with Crippen molar-refractivity contribution in [2.75, 3.05) is 12.3 Å². The lowest BCUT2D eigenvalue weighted by molar-refractivity contribution is 0.235. The average Bonchev–Trinajstić information content (AvgIpc) is 3.09. The van der Waals surface area contributed by atoms with Crippen molar-refractivity contribution in [2.24, 2.45) is 0 Å². The Labute approximate surface area is 147 Å². The fourth-order valence-corrected chi connectivity index (χ4v) is 3.29. The second kappa shape index (κ2) is 6.64. The summed E-state index contributed by atoms with van der Waals surface area (Å²) < 4.78 is 2.05. The van der Waals surface area contributed by atoms with Crippen molar-refractivity contribution in [3.8, 4) is 11.4 Å². The molecule has 4 rings (SSSR count). The highest BCUT2D eigenvalue weighted by Crippen LogP contribution is 2.22. The van der Waals surface area contributed by atoms with Crippen LogP contribution in [0.1, 0.15) is 23.9 Å². The number of benzene rings is 1. The van der Waals surface area contributed by atoms with E-state index < -0.39 is 0 Å². The summed E-state index contributed by atoms with van der Waals surface area (Å²) in [5.41, 5.74) is 11.1. The SMILES string of the molecule is CCn1nccc1CN1CCc2nc(-c3ccc(N)cc3)ncc2C1. The van der Waals surface area contributed by atoms with Gasteiger partial charge in [0.2, 0.25) is 0 Å². The predicted molar refractivity (Wildman–Crippen MR) is 97.6 cm³/mol. The summed E-state index contributed by atoms with van der Waals surface area (Å²) in [7, 11) is 0. The van der Waals surface area contributed by atoms with Crippen molar-refractivity contribution < 1.29 is 0 Å². The van der Waals surface area contributed by atoms with E-state index in [1.54, 1.807) is 0 Å². The Hall–Kier alpha value is -2.73. The molecule has 1 aliphatic rings. The molecule has 0 saturated carbocycles. The van der Waals surface area contributed by atoms with Gasteiger partial charge in [0.05, 0.1) is 11.4 Å². The Morgan fingerprint density at radius 1 is 1.16 bits per heavy atom. The Bertz CT molecular complexity index is 868. The van der Waals surface area contributed by atoms with Crippen LogP contribution in [0.3, 0.4) is 0 Å². The molecule has 3 heterocycles. The smallest absolute Gasteiger partial charge is 0.159 e. The summed E-state index contributed by atoms with van der Waals surface area (Å²) in [4.78, 5) is 11.8. The van der Waals surface area contributed by atoms with E-state index in [0.717, 1.165) is 55.4 Å². The number of aryl methyl sites for hydroxylation is 1. The lowest BCUT2D eigenvalue weighted by Gasteiger charge is -2.28. The minimum Gasteiger partial charge on any atom is -0.399 e. The van der Waals surface area contributed by atoms with Crippen LogP contribution in [0.5, 0.6) is 0 Å². The van der Waals surface area contributed by atoms with Crippen molar-refractivity contribution in [3.05, 3.63) is 59.7 Å². The van der Waals surface area contributed by atoms with Crippen LogP contribution in [0.15, 0.2) is 42.7 Å². The van der Waals surface area contributed by atoms with E-state index in [0.29, 0.717) is 0 Å². The number of aromatic nitrogens is 4. The highest BCUT2D eigenvalue weighted by molar-refractivity contribution is 5.58. The summed E-state index contributed by atoms with van der Waals surface area (Å²) in [5, 5.41) is 4.35. The van der Waals surface area contributed by atoms with Crippen LogP contribution in [0.4, 0.5) is 5.69 Å². The van der Waals surface area contributed by atoms with Crippen LogP contribution >= 0.6 is 0 Å². The van der Waals surface area contributed by atoms with Crippen molar-refractivity contribution in [1.29, 1.82) is 0 Å². The minimum atomic E-state index is 0.753. The summed E-state index contributed by atoms with van der Waals surface area (Å²) in [6.07, 6.45) is 4.79. The van der Waals surface area contributed by atoms with Crippen molar-refractivity contribution >= 4 is 5.69 Å². The van der Waals surface area contributed by atoms with Gasteiger partial charge in [-0.15, -0.1) is 0 Å². The van der Waals surface area contributed by atoms with Crippen LogP contribution in [0, 0.1) is 0 Å². The number of hydrogen-bond donors (Lipinski definition) is 1. The maximum absolute atomic E-state index is 5.75. The number of rotatable bonds is 4. The molecule has 0 radical (unpaired) electrons. The first-order valence-electron chi connectivity index (χ1n) is 8.66. The molecule has 2 N–H and O–H groups in total. The molecule has 2 aromatic heterocycles. The molecule has 1 aliphatic heterocycles. The van der Waals surface area contributed by atoms with Gasteiger partial charge in [-0.3, -0.25) is 9.58 Å². The van der Waals surface area contributed by atoms with E-state index in [1.807, 2.05) is 36.7 Å². The normalized spacial score (nSPS) is 14.4. The number of fused-ring (bicyclic) bond motifs is 1. The van der Waals surface area contributed by atoms with E-state index in [9.17, 15) is 0 Å². The molecule has 0 spiro atoms. The van der Waals surface area contributed by atoms with E-state index in [2.05, 4.69) is 32.7 Å². The van der Waals surface area contributed by atoms with Crippen LogP contribution < -0.4 is 5.73 Å². The van der Waals surface area contributed by atoms with E-state index in [4.69, 9.17) is 10.7 Å². The van der Waals surface area contributed by atoms with Crippen LogP contribution in [0.25, 0.3) is 11.4 Å². The Balaban J connectivity index is 1.51. The third-order valence-corrected chi connectivity index (χ3v) is 4.67.